The van der Waals surface area contributed by atoms with Gasteiger partial charge in [-0.2, -0.15) is 0 Å². The lowest BCUT2D eigenvalue weighted by Gasteiger charge is -2.17. The Labute approximate surface area is 84.0 Å². The zero-order valence-corrected chi connectivity index (χ0v) is 9.40. The van der Waals surface area contributed by atoms with Gasteiger partial charge in [-0.25, -0.2) is 4.57 Å². The van der Waals surface area contributed by atoms with Crippen LogP contribution in [0.25, 0.3) is 0 Å². The molecule has 1 saturated heterocycles. The molecule has 3 atom stereocenters. The lowest BCUT2D eigenvalue weighted by molar-refractivity contribution is 0.0339. The van der Waals surface area contributed by atoms with Gasteiger partial charge in [-0.3, -0.25) is 9.05 Å². The van der Waals surface area contributed by atoms with E-state index in [-0.39, 0.29) is 12.7 Å². The zero-order valence-electron chi connectivity index (χ0n) is 8.51. The summed E-state index contributed by atoms with van der Waals surface area (Å²) in [7, 11) is -2.70. The second-order valence-corrected chi connectivity index (χ2v) is 4.87. The van der Waals surface area contributed by atoms with Crippen LogP contribution in [0.5, 0.6) is 0 Å². The lowest BCUT2D eigenvalue weighted by Crippen LogP contribution is -2.21. The number of phosphoric acid groups is 1. The Morgan fingerprint density at radius 1 is 1.64 bits per heavy atom. The molecule has 6 heteroatoms. The number of phosphoric ester groups is 1. The van der Waals surface area contributed by atoms with E-state index in [0.29, 0.717) is 12.5 Å². The Bertz CT molecular complexity index is 220. The molecule has 0 radical (unpaired) electrons. The van der Waals surface area contributed by atoms with Crippen LogP contribution in [0.3, 0.4) is 0 Å². The van der Waals surface area contributed by atoms with Gasteiger partial charge in [-0.05, 0) is 12.3 Å². The summed E-state index contributed by atoms with van der Waals surface area (Å²) in [5.41, 5.74) is 0. The first-order chi connectivity index (χ1) is 6.59. The van der Waals surface area contributed by atoms with E-state index in [1.807, 2.05) is 0 Å². The van der Waals surface area contributed by atoms with Gasteiger partial charge in [-0.15, -0.1) is 0 Å². The molecule has 0 bridgehead atoms. The quantitative estimate of drug-likeness (QED) is 0.718. The number of hydrogen-bond donors (Lipinski definition) is 1. The maximum absolute atomic E-state index is 11.0. The van der Waals surface area contributed by atoms with E-state index in [4.69, 9.17) is 14.2 Å². The first-order valence-corrected chi connectivity index (χ1v) is 6.23. The highest BCUT2D eigenvalue weighted by Gasteiger charge is 2.30. The smallest absolute Gasteiger partial charge is 0.376 e. The molecule has 1 heterocycles. The van der Waals surface area contributed by atoms with E-state index in [1.165, 1.54) is 0 Å². The minimum absolute atomic E-state index is 0.0735. The van der Waals surface area contributed by atoms with Crippen LogP contribution in [0.15, 0.2) is 0 Å². The van der Waals surface area contributed by atoms with Gasteiger partial charge in [0.1, 0.15) is 0 Å². The van der Waals surface area contributed by atoms with Crippen LogP contribution < -0.4 is 0 Å². The molecule has 1 aliphatic heterocycles. The van der Waals surface area contributed by atoms with Gasteiger partial charge in [0, 0.05) is 13.7 Å². The summed E-state index contributed by atoms with van der Waals surface area (Å²) in [6.45, 7) is 2.90. The predicted molar refractivity (Wildman–Crippen MR) is 50.9 cm³/mol. The molecule has 84 valence electrons. The van der Waals surface area contributed by atoms with Crippen molar-refractivity contribution >= 4 is 7.82 Å². The Morgan fingerprint density at radius 3 is 2.93 bits per heavy atom. The van der Waals surface area contributed by atoms with Gasteiger partial charge in [0.2, 0.25) is 0 Å². The largest absolute Gasteiger partial charge is 0.472 e. The zero-order chi connectivity index (χ0) is 10.6. The van der Waals surface area contributed by atoms with Crippen molar-refractivity contribution in [2.24, 2.45) is 5.92 Å². The molecular weight excluding hydrogens is 207 g/mol. The molecule has 1 aliphatic rings. The molecule has 0 saturated carbocycles. The van der Waals surface area contributed by atoms with Crippen molar-refractivity contribution in [2.45, 2.75) is 25.9 Å². The van der Waals surface area contributed by atoms with Crippen molar-refractivity contribution in [2.75, 3.05) is 20.3 Å². The van der Waals surface area contributed by atoms with Crippen LogP contribution in [0, 0.1) is 5.92 Å². The van der Waals surface area contributed by atoms with Crippen molar-refractivity contribution in [3.8, 4) is 0 Å². The summed E-state index contributed by atoms with van der Waals surface area (Å²) in [5.74, 6) is 0.423. The minimum Gasteiger partial charge on any atom is -0.376 e. The maximum atomic E-state index is 11.0. The first-order valence-electron chi connectivity index (χ1n) is 4.73. The van der Waals surface area contributed by atoms with E-state index in [9.17, 15) is 4.57 Å². The summed E-state index contributed by atoms with van der Waals surface area (Å²) in [6.07, 6.45) is 1.92. The van der Waals surface area contributed by atoms with Gasteiger partial charge in [0.15, 0.2) is 0 Å². The molecule has 5 nitrogen and oxygen atoms in total. The molecule has 1 rings (SSSR count). The highest BCUT2D eigenvalue weighted by Crippen LogP contribution is 2.42. The molecule has 0 aromatic heterocycles. The van der Waals surface area contributed by atoms with Crippen molar-refractivity contribution < 1.29 is 23.2 Å². The monoisotopic (exact) mass is 224 g/mol. The lowest BCUT2D eigenvalue weighted by atomic mass is 9.99. The minimum atomic E-state index is -3.84. The van der Waals surface area contributed by atoms with E-state index in [0.717, 1.165) is 20.0 Å². The van der Waals surface area contributed by atoms with Gasteiger partial charge in [-0.1, -0.05) is 13.3 Å². The second-order valence-electron chi connectivity index (χ2n) is 3.31. The highest BCUT2D eigenvalue weighted by atomic mass is 31.2. The van der Waals surface area contributed by atoms with Gasteiger partial charge < -0.3 is 9.63 Å². The summed E-state index contributed by atoms with van der Waals surface area (Å²) < 4.78 is 25.4. The van der Waals surface area contributed by atoms with Gasteiger partial charge in [0.05, 0.1) is 12.7 Å². The molecule has 0 aliphatic carbocycles. The summed E-state index contributed by atoms with van der Waals surface area (Å²) in [4.78, 5) is 9.00. The molecule has 0 amide bonds. The number of hydrogen-bond acceptors (Lipinski definition) is 4. The van der Waals surface area contributed by atoms with Crippen molar-refractivity contribution in [1.82, 2.24) is 0 Å². The fourth-order valence-electron chi connectivity index (χ4n) is 1.56. The average molecular weight is 224 g/mol. The van der Waals surface area contributed by atoms with E-state index < -0.39 is 7.82 Å². The third-order valence-electron chi connectivity index (χ3n) is 2.50. The van der Waals surface area contributed by atoms with Crippen LogP contribution in [0.4, 0.5) is 0 Å². The van der Waals surface area contributed by atoms with Gasteiger partial charge in [0.25, 0.3) is 0 Å². The maximum Gasteiger partial charge on any atom is 0.472 e. The Kier molecular flexibility index (Phi) is 4.54. The fourth-order valence-corrected chi connectivity index (χ4v) is 2.01. The molecule has 1 N–H and O–H groups in total. The molecule has 1 fully saturated rings. The Hall–Kier alpha value is 0.0700. The van der Waals surface area contributed by atoms with E-state index in [2.05, 4.69) is 11.4 Å². The second kappa shape index (κ2) is 5.24. The van der Waals surface area contributed by atoms with Crippen LogP contribution in [-0.2, 0) is 18.3 Å². The summed E-state index contributed by atoms with van der Waals surface area (Å²) in [6, 6.07) is 0. The molecule has 14 heavy (non-hydrogen) atoms. The molecule has 0 aromatic rings. The van der Waals surface area contributed by atoms with Crippen molar-refractivity contribution in [3.63, 3.8) is 0 Å². The third kappa shape index (κ3) is 3.33. The van der Waals surface area contributed by atoms with Crippen molar-refractivity contribution in [1.29, 1.82) is 0 Å². The molecule has 3 unspecified atom stereocenters. The van der Waals surface area contributed by atoms with E-state index in [1.54, 1.807) is 0 Å². The Balaban J connectivity index is 2.34. The first kappa shape index (κ1) is 12.1. The molecule has 0 aromatic carbocycles. The van der Waals surface area contributed by atoms with Crippen LogP contribution in [0.1, 0.15) is 19.8 Å². The summed E-state index contributed by atoms with van der Waals surface area (Å²) in [5, 5.41) is 0. The number of rotatable bonds is 5. The molecular formula is C8H17O5P. The SMILES string of the molecule is CCC1CCOC1COP(=O)(O)OC. The van der Waals surface area contributed by atoms with Crippen LogP contribution in [-0.4, -0.2) is 31.3 Å². The van der Waals surface area contributed by atoms with E-state index >= 15 is 0 Å². The average Bonchev–Trinajstić information content (AvgIpc) is 2.62. The number of ether oxygens (including phenoxy) is 1. The fraction of sp³-hybridized carbons (Fsp3) is 1.00. The van der Waals surface area contributed by atoms with Gasteiger partial charge >= 0.3 is 7.82 Å². The normalized spacial score (nSPS) is 31.6. The standard InChI is InChI=1S/C8H17O5P/c1-3-7-4-5-12-8(7)6-13-14(9,10)11-2/h7-8H,3-6H2,1-2H3,(H,9,10). The molecule has 0 spiro atoms. The third-order valence-corrected chi connectivity index (χ3v) is 3.44. The van der Waals surface area contributed by atoms with Crippen LogP contribution >= 0.6 is 7.82 Å². The summed E-state index contributed by atoms with van der Waals surface area (Å²) >= 11 is 0. The highest BCUT2D eigenvalue weighted by molar-refractivity contribution is 7.47. The Morgan fingerprint density at radius 2 is 2.36 bits per heavy atom. The van der Waals surface area contributed by atoms with Crippen LogP contribution in [0.2, 0.25) is 0 Å². The van der Waals surface area contributed by atoms with Crippen molar-refractivity contribution in [3.05, 3.63) is 0 Å². The topological polar surface area (TPSA) is 65.0 Å². The predicted octanol–water partition coefficient (Wildman–Crippen LogP) is 1.56.